The van der Waals surface area contributed by atoms with Crippen LogP contribution in [0.4, 0.5) is 5.69 Å². The second kappa shape index (κ2) is 6.83. The van der Waals surface area contributed by atoms with Gasteiger partial charge in [0, 0.05) is 11.1 Å². The first-order valence-corrected chi connectivity index (χ1v) is 9.05. The summed E-state index contributed by atoms with van der Waals surface area (Å²) in [6, 6.07) is 6.49. The fourth-order valence-corrected chi connectivity index (χ4v) is 3.83. The van der Waals surface area contributed by atoms with Gasteiger partial charge in [-0.3, -0.25) is 0 Å². The molecule has 3 nitrogen and oxygen atoms in total. The molecular weight excluding hydrogens is 318 g/mol. The Morgan fingerprint density at radius 2 is 1.88 bits per heavy atom. The highest BCUT2D eigenvalue weighted by Gasteiger charge is 2.41. The number of fused-ring (bicyclic) bond motifs is 3. The number of aryl methyl sites for hydroxylation is 1. The fraction of sp³-hybridized carbons (Fsp3) is 0.261. The molecule has 26 heavy (non-hydrogen) atoms. The van der Waals surface area contributed by atoms with E-state index in [4.69, 9.17) is 5.10 Å². The lowest BCUT2D eigenvalue weighted by molar-refractivity contribution is 0.319. The monoisotopic (exact) mass is 345 g/mol. The smallest absolute Gasteiger partial charge is 0.162 e. The molecule has 1 unspecified atom stereocenters. The van der Waals surface area contributed by atoms with E-state index in [-0.39, 0.29) is 6.17 Å². The van der Waals surface area contributed by atoms with Crippen molar-refractivity contribution in [3.63, 3.8) is 0 Å². The van der Waals surface area contributed by atoms with Gasteiger partial charge in [-0.2, -0.15) is 5.10 Å². The molecule has 2 heterocycles. The lowest BCUT2D eigenvalue weighted by atomic mass is 9.88. The lowest BCUT2D eigenvalue weighted by Gasteiger charge is -2.36. The highest BCUT2D eigenvalue weighted by Crippen LogP contribution is 2.45. The van der Waals surface area contributed by atoms with Crippen molar-refractivity contribution in [2.24, 2.45) is 5.10 Å². The fourth-order valence-electron chi connectivity index (χ4n) is 3.83. The first-order valence-electron chi connectivity index (χ1n) is 9.05. The van der Waals surface area contributed by atoms with Gasteiger partial charge in [-0.05, 0) is 57.4 Å². The number of para-hydroxylation sites is 1. The highest BCUT2D eigenvalue weighted by molar-refractivity contribution is 6.25. The summed E-state index contributed by atoms with van der Waals surface area (Å²) in [5.74, 6) is 0.992. The van der Waals surface area contributed by atoms with Gasteiger partial charge in [-0.1, -0.05) is 49.6 Å². The quantitative estimate of drug-likeness (QED) is 0.646. The van der Waals surface area contributed by atoms with E-state index in [1.165, 1.54) is 28.0 Å². The van der Waals surface area contributed by atoms with Crippen LogP contribution >= 0.6 is 0 Å². The summed E-state index contributed by atoms with van der Waals surface area (Å²) < 4.78 is 0. The Morgan fingerprint density at radius 1 is 1.19 bits per heavy atom. The van der Waals surface area contributed by atoms with Gasteiger partial charge >= 0.3 is 0 Å². The molecule has 0 aromatic heterocycles. The summed E-state index contributed by atoms with van der Waals surface area (Å²) in [5.41, 5.74) is 8.11. The molecule has 1 aromatic rings. The molecule has 3 rings (SSSR count). The number of hydrogen-bond acceptors (Lipinski definition) is 3. The lowest BCUT2D eigenvalue weighted by Crippen LogP contribution is -2.43. The van der Waals surface area contributed by atoms with E-state index >= 15 is 0 Å². The highest BCUT2D eigenvalue weighted by atomic mass is 15.6. The van der Waals surface area contributed by atoms with Gasteiger partial charge in [0.15, 0.2) is 5.84 Å². The molecule has 0 radical (unpaired) electrons. The summed E-state index contributed by atoms with van der Waals surface area (Å²) in [5, 5.41) is 7.06. The Bertz CT molecular complexity index is 896. The average molecular weight is 345 g/mol. The standard InChI is InChI=1S/C23H27N3/c1-8-12-21(15(4)5)26-17(7)25-22-16(6)13-11-14-20(22)18(9-2)19(10-3)23(25)24-26/h8-14,17H,1,4H2,2-3,5-7H3/b18-9+,19-10+,21-12+. The number of hydrazone groups is 1. The third-order valence-corrected chi connectivity index (χ3v) is 5.00. The molecule has 2 aliphatic heterocycles. The first kappa shape index (κ1) is 18.0. The maximum Gasteiger partial charge on any atom is 0.162 e. The molecule has 0 spiro atoms. The molecule has 0 bridgehead atoms. The zero-order chi connectivity index (χ0) is 19.0. The molecule has 0 amide bonds. The maximum absolute atomic E-state index is 5.01. The Hall–Kier alpha value is -2.81. The van der Waals surface area contributed by atoms with Gasteiger partial charge in [0.1, 0.15) is 6.17 Å². The van der Waals surface area contributed by atoms with E-state index in [0.717, 1.165) is 17.1 Å². The van der Waals surface area contributed by atoms with Crippen LogP contribution < -0.4 is 4.90 Å². The van der Waals surface area contributed by atoms with Crippen LogP contribution in [0.1, 0.15) is 38.8 Å². The molecule has 0 N–H and O–H groups in total. The first-order chi connectivity index (χ1) is 12.5. The van der Waals surface area contributed by atoms with Gasteiger partial charge in [0.05, 0.1) is 11.4 Å². The van der Waals surface area contributed by atoms with Crippen LogP contribution in [0.25, 0.3) is 5.57 Å². The SMILES string of the molecule is C=C/C=C(\C(=C)C)N1N=C2C(=C/C)/C(=C\C)c3cccc(C)c3N2C1C. The van der Waals surface area contributed by atoms with E-state index in [9.17, 15) is 0 Å². The number of rotatable bonds is 3. The number of nitrogens with zero attached hydrogens (tertiary/aromatic N) is 3. The normalized spacial score (nSPS) is 22.4. The molecule has 0 fully saturated rings. The number of anilines is 1. The van der Waals surface area contributed by atoms with Crippen LogP contribution in [0.2, 0.25) is 0 Å². The number of amidine groups is 1. The Labute approximate surface area is 157 Å². The second-order valence-corrected chi connectivity index (χ2v) is 6.71. The van der Waals surface area contributed by atoms with E-state index in [0.29, 0.717) is 0 Å². The van der Waals surface area contributed by atoms with Gasteiger partial charge in [0.25, 0.3) is 0 Å². The molecule has 2 aliphatic rings. The van der Waals surface area contributed by atoms with Crippen molar-refractivity contribution in [2.45, 2.75) is 40.8 Å². The van der Waals surface area contributed by atoms with Crippen LogP contribution in [-0.4, -0.2) is 17.0 Å². The van der Waals surface area contributed by atoms with Gasteiger partial charge in [0.2, 0.25) is 0 Å². The third kappa shape index (κ3) is 2.55. The van der Waals surface area contributed by atoms with Crippen molar-refractivity contribution >= 4 is 17.1 Å². The summed E-state index contributed by atoms with van der Waals surface area (Å²) >= 11 is 0. The summed E-state index contributed by atoms with van der Waals surface area (Å²) in [6.07, 6.45) is 8.16. The zero-order valence-corrected chi connectivity index (χ0v) is 16.4. The minimum atomic E-state index is 0.0566. The zero-order valence-electron chi connectivity index (χ0n) is 16.4. The topological polar surface area (TPSA) is 18.8 Å². The minimum Gasteiger partial charge on any atom is -0.301 e. The molecule has 134 valence electrons. The van der Waals surface area contributed by atoms with Crippen LogP contribution in [-0.2, 0) is 0 Å². The predicted molar refractivity (Wildman–Crippen MR) is 113 cm³/mol. The molecular formula is C23H27N3. The average Bonchev–Trinajstić information content (AvgIpc) is 2.95. The Kier molecular flexibility index (Phi) is 4.73. The Balaban J connectivity index is 2.27. The van der Waals surface area contributed by atoms with Crippen molar-refractivity contribution in [1.82, 2.24) is 5.01 Å². The van der Waals surface area contributed by atoms with Crippen LogP contribution in [0.15, 0.2) is 77.6 Å². The van der Waals surface area contributed by atoms with E-state index in [2.05, 4.69) is 81.1 Å². The summed E-state index contributed by atoms with van der Waals surface area (Å²) in [4.78, 5) is 2.34. The van der Waals surface area contributed by atoms with Gasteiger partial charge in [-0.25, -0.2) is 5.01 Å². The minimum absolute atomic E-state index is 0.0566. The van der Waals surface area contributed by atoms with Gasteiger partial charge in [-0.15, -0.1) is 0 Å². The van der Waals surface area contributed by atoms with Gasteiger partial charge < -0.3 is 4.90 Å². The van der Waals surface area contributed by atoms with Crippen molar-refractivity contribution in [1.29, 1.82) is 0 Å². The van der Waals surface area contributed by atoms with Crippen molar-refractivity contribution < 1.29 is 0 Å². The largest absolute Gasteiger partial charge is 0.301 e. The molecule has 0 aliphatic carbocycles. The molecule has 3 heteroatoms. The van der Waals surface area contributed by atoms with Crippen molar-refractivity contribution in [3.8, 4) is 0 Å². The van der Waals surface area contributed by atoms with Crippen LogP contribution in [0, 0.1) is 6.92 Å². The maximum atomic E-state index is 5.01. The molecule has 1 aromatic carbocycles. The van der Waals surface area contributed by atoms with E-state index in [1.807, 2.05) is 13.0 Å². The molecule has 1 atom stereocenters. The second-order valence-electron chi connectivity index (χ2n) is 6.71. The Morgan fingerprint density at radius 3 is 2.46 bits per heavy atom. The van der Waals surface area contributed by atoms with Crippen molar-refractivity contribution in [3.05, 3.63) is 83.6 Å². The van der Waals surface area contributed by atoms with Crippen LogP contribution in [0.3, 0.4) is 0 Å². The van der Waals surface area contributed by atoms with Crippen molar-refractivity contribution in [2.75, 3.05) is 4.90 Å². The number of allylic oxidation sites excluding steroid dienone is 5. The number of benzene rings is 1. The number of hydrogen-bond donors (Lipinski definition) is 0. The molecule has 0 saturated carbocycles. The third-order valence-electron chi connectivity index (χ3n) is 5.00. The summed E-state index contributed by atoms with van der Waals surface area (Å²) in [7, 11) is 0. The summed E-state index contributed by atoms with van der Waals surface area (Å²) in [6.45, 7) is 18.5. The van der Waals surface area contributed by atoms with E-state index < -0.39 is 0 Å². The molecule has 0 saturated heterocycles. The predicted octanol–water partition coefficient (Wildman–Crippen LogP) is 5.79. The van der Waals surface area contributed by atoms with E-state index in [1.54, 1.807) is 6.08 Å². The van der Waals surface area contributed by atoms with Crippen LogP contribution in [0.5, 0.6) is 0 Å².